The van der Waals surface area contributed by atoms with Gasteiger partial charge in [-0.05, 0) is 43.0 Å². The molecule has 20 heteroatoms. The normalized spacial score (nSPS) is 19.9. The molecule has 3 atom stereocenters. The lowest BCUT2D eigenvalue weighted by Gasteiger charge is -2.34. The lowest BCUT2D eigenvalue weighted by Crippen LogP contribution is -2.46. The molecule has 2 aliphatic heterocycles. The third kappa shape index (κ3) is 14.4. The lowest BCUT2D eigenvalue weighted by molar-refractivity contribution is -0.193. The molecule has 2 fully saturated rings. The second-order valence-electron chi connectivity index (χ2n) is 9.31. The molecular weight excluding hydrogens is 657 g/mol. The zero-order valence-electron chi connectivity index (χ0n) is 23.1. The number of pyridine rings is 1. The summed E-state index contributed by atoms with van der Waals surface area (Å²) in [5.41, 5.74) is 1.27. The van der Waals surface area contributed by atoms with Crippen LogP contribution in [-0.2, 0) is 32.2 Å². The van der Waals surface area contributed by atoms with Crippen molar-refractivity contribution >= 4 is 29.2 Å². The number of carbonyl (C=O) groups is 3. The van der Waals surface area contributed by atoms with Crippen LogP contribution in [0.5, 0.6) is 0 Å². The van der Waals surface area contributed by atoms with E-state index in [0.29, 0.717) is 18.2 Å². The first kappa shape index (κ1) is 39.5. The van der Waals surface area contributed by atoms with Gasteiger partial charge in [0.25, 0.3) is 0 Å². The Hall–Kier alpha value is -3.49. The van der Waals surface area contributed by atoms with E-state index in [0.717, 1.165) is 26.2 Å². The Morgan fingerprint density at radius 3 is 1.91 bits per heavy atom. The number of thiophene rings is 1. The van der Waals surface area contributed by atoms with Crippen molar-refractivity contribution in [3.63, 3.8) is 0 Å². The van der Waals surface area contributed by atoms with Gasteiger partial charge in [0.1, 0.15) is 0 Å². The molecule has 0 amide bonds. The van der Waals surface area contributed by atoms with Crippen LogP contribution in [0.2, 0.25) is 0 Å². The summed E-state index contributed by atoms with van der Waals surface area (Å²) in [6.07, 6.45) is -8.68. The minimum absolute atomic E-state index is 0.334. The predicted molar refractivity (Wildman–Crippen MR) is 138 cm³/mol. The minimum atomic E-state index is -5.08. The fourth-order valence-electron chi connectivity index (χ4n) is 4.10. The second kappa shape index (κ2) is 17.3. The highest BCUT2D eigenvalue weighted by molar-refractivity contribution is 7.09. The monoisotopic (exact) mass is 685 g/mol. The van der Waals surface area contributed by atoms with Crippen molar-refractivity contribution < 1.29 is 74.0 Å². The van der Waals surface area contributed by atoms with E-state index in [-0.39, 0.29) is 0 Å². The van der Waals surface area contributed by atoms with Gasteiger partial charge < -0.3 is 20.1 Å². The van der Waals surface area contributed by atoms with Crippen molar-refractivity contribution in [1.29, 1.82) is 0 Å². The van der Waals surface area contributed by atoms with Crippen LogP contribution in [0.3, 0.4) is 0 Å². The van der Waals surface area contributed by atoms with E-state index >= 15 is 0 Å². The summed E-state index contributed by atoms with van der Waals surface area (Å²) in [4.78, 5) is 37.5. The van der Waals surface area contributed by atoms with E-state index in [2.05, 4.69) is 45.4 Å². The van der Waals surface area contributed by atoms with Crippen LogP contribution in [-0.4, -0.2) is 105 Å². The molecule has 2 aromatic heterocycles. The van der Waals surface area contributed by atoms with Crippen LogP contribution < -0.4 is 0 Å². The SMILES string of the molecule is CN(Cc1cccnc1)[C@@H]1CN(Cc2cccs2)[C@@H]2CCCO[C@H]12.O=C(O)C(F)(F)F.O=C(O)C(F)(F)F.O=C(O)C(F)(F)F. The van der Waals surface area contributed by atoms with Gasteiger partial charge in [0.15, 0.2) is 0 Å². The number of halogens is 9. The van der Waals surface area contributed by atoms with Gasteiger partial charge in [0, 0.05) is 49.6 Å². The van der Waals surface area contributed by atoms with E-state index in [1.807, 2.05) is 29.8 Å². The van der Waals surface area contributed by atoms with E-state index < -0.39 is 36.4 Å². The van der Waals surface area contributed by atoms with Gasteiger partial charge in [-0.2, -0.15) is 39.5 Å². The third-order valence-corrected chi connectivity index (χ3v) is 6.85. The Bertz CT molecular complexity index is 1140. The number of aliphatic carboxylic acids is 3. The van der Waals surface area contributed by atoms with Crippen molar-refractivity contribution in [1.82, 2.24) is 14.8 Å². The lowest BCUT2D eigenvalue weighted by atomic mass is 10.00. The Morgan fingerprint density at radius 2 is 1.49 bits per heavy atom. The van der Waals surface area contributed by atoms with Gasteiger partial charge in [-0.15, -0.1) is 11.3 Å². The number of aromatic nitrogens is 1. The van der Waals surface area contributed by atoms with Gasteiger partial charge >= 0.3 is 36.4 Å². The van der Waals surface area contributed by atoms with Crippen LogP contribution >= 0.6 is 11.3 Å². The van der Waals surface area contributed by atoms with Gasteiger partial charge in [0.05, 0.1) is 12.1 Å². The summed E-state index contributed by atoms with van der Waals surface area (Å²) in [6.45, 7) is 3.98. The van der Waals surface area contributed by atoms with Crippen LogP contribution in [0, 0.1) is 0 Å². The fraction of sp³-hybridized carbons (Fsp3) is 0.520. The molecule has 0 spiro atoms. The molecule has 4 heterocycles. The number of alkyl halides is 9. The molecule has 254 valence electrons. The summed E-state index contributed by atoms with van der Waals surface area (Å²) >= 11 is 1.86. The summed E-state index contributed by atoms with van der Waals surface area (Å²) in [5.74, 6) is -8.27. The average molecular weight is 686 g/mol. The number of carboxylic acid groups (broad SMARTS) is 3. The minimum Gasteiger partial charge on any atom is -0.475 e. The molecule has 2 aromatic rings. The second-order valence-corrected chi connectivity index (χ2v) is 10.3. The van der Waals surface area contributed by atoms with Gasteiger partial charge in [0.2, 0.25) is 0 Å². The van der Waals surface area contributed by atoms with Crippen molar-refractivity contribution in [3.8, 4) is 0 Å². The molecule has 0 radical (unpaired) electrons. The molecule has 0 aromatic carbocycles. The maximum absolute atomic E-state index is 10.6. The van der Waals surface area contributed by atoms with Crippen LogP contribution in [0.25, 0.3) is 0 Å². The average Bonchev–Trinajstić information content (AvgIpc) is 3.57. The Balaban J connectivity index is 0.000000396. The highest BCUT2D eigenvalue weighted by atomic mass is 32.1. The fourth-order valence-corrected chi connectivity index (χ4v) is 4.83. The van der Waals surface area contributed by atoms with Gasteiger partial charge in [-0.1, -0.05) is 12.1 Å². The number of ether oxygens (including phenoxy) is 1. The third-order valence-electron chi connectivity index (χ3n) is 5.99. The Morgan fingerprint density at radius 1 is 0.956 bits per heavy atom. The summed E-state index contributed by atoms with van der Waals surface area (Å²) < 4.78 is 101. The summed E-state index contributed by atoms with van der Waals surface area (Å²) in [7, 11) is 2.22. The van der Waals surface area contributed by atoms with Crippen LogP contribution in [0.1, 0.15) is 23.3 Å². The standard InChI is InChI=1S/C19H25N3OS.3C2HF3O2/c1-21(12-15-5-2-8-20-11-15)18-14-22(13-16-6-4-10-24-16)17-7-3-9-23-19(17)18;3*3-2(4,5)1(6)7/h2,4-6,8,10-11,17-19H,3,7,9,12-14H2,1H3;3*(H,6,7)/t17-,18-,19+;;;/m1.../s1. The molecule has 10 nitrogen and oxygen atoms in total. The number of carboxylic acids is 3. The molecule has 0 aliphatic carbocycles. The number of fused-ring (bicyclic) bond motifs is 1. The van der Waals surface area contributed by atoms with Gasteiger partial charge in [-0.25, -0.2) is 14.4 Å². The first-order valence-electron chi connectivity index (χ1n) is 12.5. The van der Waals surface area contributed by atoms with E-state index in [1.54, 1.807) is 0 Å². The van der Waals surface area contributed by atoms with Crippen molar-refractivity contribution in [2.24, 2.45) is 0 Å². The molecule has 4 rings (SSSR count). The number of nitrogens with zero attached hydrogens (tertiary/aromatic N) is 3. The van der Waals surface area contributed by atoms with Crippen molar-refractivity contribution in [3.05, 3.63) is 52.5 Å². The molecule has 0 unspecified atom stereocenters. The molecular formula is C25H28F9N3O7S. The number of hydrogen-bond donors (Lipinski definition) is 3. The maximum Gasteiger partial charge on any atom is 0.490 e. The summed E-state index contributed by atoms with van der Waals surface area (Å²) in [6, 6.07) is 9.58. The summed E-state index contributed by atoms with van der Waals surface area (Å²) in [5, 5.41) is 23.5. The molecule has 45 heavy (non-hydrogen) atoms. The zero-order chi connectivity index (χ0) is 34.6. The van der Waals surface area contributed by atoms with Crippen LogP contribution in [0.4, 0.5) is 39.5 Å². The Labute approximate surface area is 253 Å². The number of hydrogen-bond acceptors (Lipinski definition) is 8. The molecule has 2 saturated heterocycles. The highest BCUT2D eigenvalue weighted by Crippen LogP contribution is 2.33. The van der Waals surface area contributed by atoms with Gasteiger partial charge in [-0.3, -0.25) is 14.8 Å². The first-order chi connectivity index (χ1) is 20.6. The van der Waals surface area contributed by atoms with Crippen LogP contribution in [0.15, 0.2) is 42.0 Å². The number of rotatable bonds is 5. The highest BCUT2D eigenvalue weighted by Gasteiger charge is 2.45. The number of likely N-dealkylation sites (N-methyl/N-ethyl adjacent to an activating group) is 1. The van der Waals surface area contributed by atoms with E-state index in [4.69, 9.17) is 34.4 Å². The maximum atomic E-state index is 10.6. The number of likely N-dealkylation sites (tertiary alicyclic amines) is 1. The first-order valence-corrected chi connectivity index (χ1v) is 13.4. The topological polar surface area (TPSA) is 140 Å². The van der Waals surface area contributed by atoms with E-state index in [1.165, 1.54) is 23.3 Å². The quantitative estimate of drug-likeness (QED) is 0.372. The molecule has 2 aliphatic rings. The molecule has 3 N–H and O–H groups in total. The largest absolute Gasteiger partial charge is 0.490 e. The molecule has 0 saturated carbocycles. The molecule has 0 bridgehead atoms. The van der Waals surface area contributed by atoms with Crippen molar-refractivity contribution in [2.75, 3.05) is 20.2 Å². The smallest absolute Gasteiger partial charge is 0.475 e. The predicted octanol–water partition coefficient (Wildman–Crippen LogP) is 4.91. The Kier molecular flexibility index (Phi) is 15.2. The zero-order valence-corrected chi connectivity index (χ0v) is 24.0. The van der Waals surface area contributed by atoms with Crippen molar-refractivity contribution in [2.45, 2.75) is 62.6 Å². The van der Waals surface area contributed by atoms with E-state index in [9.17, 15) is 39.5 Å².